The summed E-state index contributed by atoms with van der Waals surface area (Å²) in [6.45, 7) is 0. The van der Waals surface area contributed by atoms with Gasteiger partial charge in [0.15, 0.2) is 0 Å². The fraction of sp³-hybridized carbons (Fsp3) is 0.143. The molecule has 0 amide bonds. The molecule has 2 aromatic carbocycles. The highest BCUT2D eigenvalue weighted by atomic mass is 15.1. The molecule has 0 saturated heterocycles. The van der Waals surface area contributed by atoms with Crippen molar-refractivity contribution in [1.29, 1.82) is 0 Å². The molecule has 0 spiro atoms. The second kappa shape index (κ2) is 4.01. The van der Waals surface area contributed by atoms with Crippen molar-refractivity contribution in [3.63, 3.8) is 0 Å². The van der Waals surface area contributed by atoms with Crippen LogP contribution in [0.15, 0.2) is 52.7 Å². The summed E-state index contributed by atoms with van der Waals surface area (Å²) in [5.74, 6) is 0. The molecule has 0 saturated carbocycles. The van der Waals surface area contributed by atoms with E-state index in [0.29, 0.717) is 0 Å². The molecule has 0 aromatic heterocycles. The van der Waals surface area contributed by atoms with Crippen LogP contribution in [0.25, 0.3) is 0 Å². The predicted octanol–water partition coefficient (Wildman–Crippen LogP) is 3.78. The van der Waals surface area contributed by atoms with Crippen molar-refractivity contribution in [2.45, 2.75) is 12.8 Å². The summed E-state index contributed by atoms with van der Waals surface area (Å²) in [7, 11) is 0. The molecule has 0 atom stereocenters. The van der Waals surface area contributed by atoms with Gasteiger partial charge in [-0.2, -0.15) is 10.2 Å². The van der Waals surface area contributed by atoms with Crippen molar-refractivity contribution in [2.75, 3.05) is 5.73 Å². The van der Waals surface area contributed by atoms with Crippen molar-refractivity contribution >= 4 is 17.1 Å². The van der Waals surface area contributed by atoms with E-state index in [4.69, 9.17) is 5.73 Å². The van der Waals surface area contributed by atoms with E-state index in [1.807, 2.05) is 36.4 Å². The van der Waals surface area contributed by atoms with Gasteiger partial charge in [-0.15, -0.1) is 0 Å². The summed E-state index contributed by atoms with van der Waals surface area (Å²) < 4.78 is 0. The van der Waals surface area contributed by atoms with Gasteiger partial charge in [0.2, 0.25) is 0 Å². The number of rotatable bonds is 0. The van der Waals surface area contributed by atoms with Crippen molar-refractivity contribution in [3.8, 4) is 0 Å². The molecule has 1 heterocycles. The van der Waals surface area contributed by atoms with Gasteiger partial charge in [-0.25, -0.2) is 0 Å². The second-order valence-corrected chi connectivity index (χ2v) is 4.22. The minimum Gasteiger partial charge on any atom is -0.399 e. The van der Waals surface area contributed by atoms with Crippen LogP contribution in [0.2, 0.25) is 0 Å². The largest absolute Gasteiger partial charge is 0.399 e. The molecule has 0 aliphatic carbocycles. The van der Waals surface area contributed by atoms with E-state index < -0.39 is 0 Å². The Bertz CT molecular complexity index is 588. The fourth-order valence-corrected chi connectivity index (χ4v) is 2.10. The lowest BCUT2D eigenvalue weighted by Gasteiger charge is -2.11. The lowest BCUT2D eigenvalue weighted by Crippen LogP contribution is -1.96. The molecule has 3 rings (SSSR count). The first-order chi connectivity index (χ1) is 8.33. The van der Waals surface area contributed by atoms with Crippen LogP contribution in [0.3, 0.4) is 0 Å². The van der Waals surface area contributed by atoms with E-state index in [9.17, 15) is 0 Å². The van der Waals surface area contributed by atoms with Crippen LogP contribution in [0.4, 0.5) is 17.1 Å². The Morgan fingerprint density at radius 2 is 1.53 bits per heavy atom. The number of nitrogens with two attached hydrogens (primary N) is 1. The molecule has 1 aliphatic heterocycles. The van der Waals surface area contributed by atoms with Crippen LogP contribution in [0, 0.1) is 0 Å². The molecule has 0 bridgehead atoms. The summed E-state index contributed by atoms with van der Waals surface area (Å²) in [5, 5.41) is 8.60. The van der Waals surface area contributed by atoms with Gasteiger partial charge < -0.3 is 5.73 Å². The molecule has 0 radical (unpaired) electrons. The quantitative estimate of drug-likeness (QED) is 0.679. The highest BCUT2D eigenvalue weighted by Crippen LogP contribution is 2.30. The second-order valence-electron chi connectivity index (χ2n) is 4.22. The normalized spacial score (nSPS) is 13.4. The fourth-order valence-electron chi connectivity index (χ4n) is 2.10. The van der Waals surface area contributed by atoms with E-state index in [1.165, 1.54) is 11.1 Å². The van der Waals surface area contributed by atoms with E-state index in [-0.39, 0.29) is 0 Å². The molecular weight excluding hydrogens is 210 g/mol. The SMILES string of the molecule is Nc1ccc2c(c1)CCc1ccccc1N=N2. The van der Waals surface area contributed by atoms with Gasteiger partial charge in [0, 0.05) is 5.69 Å². The molecule has 2 aromatic rings. The third kappa shape index (κ3) is 1.91. The van der Waals surface area contributed by atoms with E-state index in [0.717, 1.165) is 29.9 Å². The maximum Gasteiger partial charge on any atom is 0.0890 e. The van der Waals surface area contributed by atoms with Gasteiger partial charge in [-0.3, -0.25) is 0 Å². The molecule has 3 nitrogen and oxygen atoms in total. The van der Waals surface area contributed by atoms with E-state index >= 15 is 0 Å². The number of fused-ring (bicyclic) bond motifs is 2. The van der Waals surface area contributed by atoms with E-state index in [2.05, 4.69) is 16.3 Å². The van der Waals surface area contributed by atoms with Crippen LogP contribution in [0.5, 0.6) is 0 Å². The highest BCUT2D eigenvalue weighted by molar-refractivity contribution is 5.56. The molecule has 0 unspecified atom stereocenters. The van der Waals surface area contributed by atoms with Crippen LogP contribution in [0.1, 0.15) is 11.1 Å². The Hall–Kier alpha value is -2.16. The van der Waals surface area contributed by atoms with Crippen LogP contribution in [-0.2, 0) is 12.8 Å². The number of hydrogen-bond donors (Lipinski definition) is 1. The molecule has 1 aliphatic rings. The summed E-state index contributed by atoms with van der Waals surface area (Å²) in [4.78, 5) is 0. The summed E-state index contributed by atoms with van der Waals surface area (Å²) in [5.41, 5.74) is 10.9. The van der Waals surface area contributed by atoms with Gasteiger partial charge in [-0.05, 0) is 48.2 Å². The van der Waals surface area contributed by atoms with Crippen molar-refractivity contribution in [2.24, 2.45) is 10.2 Å². The zero-order chi connectivity index (χ0) is 11.7. The van der Waals surface area contributed by atoms with Gasteiger partial charge in [0.1, 0.15) is 0 Å². The lowest BCUT2D eigenvalue weighted by atomic mass is 10.0. The first-order valence-corrected chi connectivity index (χ1v) is 5.71. The summed E-state index contributed by atoms with van der Waals surface area (Å²) >= 11 is 0. The van der Waals surface area contributed by atoms with Gasteiger partial charge >= 0.3 is 0 Å². The Labute approximate surface area is 100.0 Å². The summed E-state index contributed by atoms with van der Waals surface area (Å²) in [6.07, 6.45) is 1.93. The number of nitrogen functional groups attached to an aromatic ring is 1. The number of aryl methyl sites for hydroxylation is 2. The monoisotopic (exact) mass is 223 g/mol. The Kier molecular flexibility index (Phi) is 2.37. The lowest BCUT2D eigenvalue weighted by molar-refractivity contribution is 0.936. The molecule has 84 valence electrons. The van der Waals surface area contributed by atoms with E-state index in [1.54, 1.807) is 0 Å². The topological polar surface area (TPSA) is 50.7 Å². The first-order valence-electron chi connectivity index (χ1n) is 5.71. The van der Waals surface area contributed by atoms with Crippen LogP contribution >= 0.6 is 0 Å². The number of anilines is 1. The minimum atomic E-state index is 0.785. The summed E-state index contributed by atoms with van der Waals surface area (Å²) in [6, 6.07) is 13.9. The van der Waals surface area contributed by atoms with Crippen molar-refractivity contribution in [1.82, 2.24) is 0 Å². The van der Waals surface area contributed by atoms with Gasteiger partial charge in [-0.1, -0.05) is 18.2 Å². The number of azo groups is 1. The van der Waals surface area contributed by atoms with Gasteiger partial charge in [0.05, 0.1) is 11.4 Å². The zero-order valence-electron chi connectivity index (χ0n) is 9.43. The molecule has 17 heavy (non-hydrogen) atoms. The first kappa shape index (κ1) is 10.0. The third-order valence-electron chi connectivity index (χ3n) is 3.02. The van der Waals surface area contributed by atoms with Crippen molar-refractivity contribution in [3.05, 3.63) is 53.6 Å². The standard InChI is InChI=1S/C14H13N3/c15-12-7-8-14-11(9-12)6-5-10-3-1-2-4-13(10)16-17-14/h1-4,7-9H,5-6,15H2. The maximum absolute atomic E-state index is 5.79. The molecule has 0 fully saturated rings. The molecule has 3 heteroatoms. The average molecular weight is 223 g/mol. The smallest absolute Gasteiger partial charge is 0.0890 e. The highest BCUT2D eigenvalue weighted by Gasteiger charge is 2.09. The molecule has 2 N–H and O–H groups in total. The molecular formula is C14H13N3. The predicted molar refractivity (Wildman–Crippen MR) is 68.9 cm³/mol. The Morgan fingerprint density at radius 3 is 2.41 bits per heavy atom. The van der Waals surface area contributed by atoms with Crippen LogP contribution in [-0.4, -0.2) is 0 Å². The maximum atomic E-state index is 5.79. The number of hydrogen-bond acceptors (Lipinski definition) is 3. The third-order valence-corrected chi connectivity index (χ3v) is 3.02. The zero-order valence-corrected chi connectivity index (χ0v) is 9.43. The van der Waals surface area contributed by atoms with Crippen LogP contribution < -0.4 is 5.73 Å². The minimum absolute atomic E-state index is 0.785. The van der Waals surface area contributed by atoms with Crippen molar-refractivity contribution < 1.29 is 0 Å². The number of nitrogens with zero attached hydrogens (tertiary/aromatic N) is 2. The average Bonchev–Trinajstić information content (AvgIpc) is 2.33. The Morgan fingerprint density at radius 1 is 0.824 bits per heavy atom. The Balaban J connectivity index is 2.09. The number of benzene rings is 2. The van der Waals surface area contributed by atoms with Gasteiger partial charge in [0.25, 0.3) is 0 Å².